The minimum absolute atomic E-state index is 0.0147. The largest absolute Gasteiger partial charge is 0.507 e. The Hall–Kier alpha value is -10.1. The Morgan fingerprint density at radius 1 is 0.445 bits per heavy atom. The van der Waals surface area contributed by atoms with Crippen molar-refractivity contribution in [1.82, 2.24) is 38.2 Å². The fraction of sp³-hybridized carbons (Fsp3) is 0.420. The number of pyridine rings is 3. The molecule has 0 spiro atoms. The van der Waals surface area contributed by atoms with Crippen molar-refractivity contribution in [2.24, 2.45) is 5.92 Å². The lowest BCUT2D eigenvalue weighted by molar-refractivity contribution is -0.130. The number of fused-ring (bicyclic) bond motifs is 15. The maximum Gasteiger partial charge on any atom is 0.295 e. The van der Waals surface area contributed by atoms with E-state index >= 15 is 13.2 Å². The number of piperidine rings is 1. The summed E-state index contributed by atoms with van der Waals surface area (Å²) in [6.45, 7) is 19.3. The van der Waals surface area contributed by atoms with Crippen LogP contribution in [-0.2, 0) is 29.2 Å². The van der Waals surface area contributed by atoms with Gasteiger partial charge in [0.1, 0.15) is 54.5 Å². The standard InChI is InChI=1S/2C30H31ClF2N4O4.C28H30ClF2N3O3/c2*1-4-23(39)35-14-18-15-41-29-28(36(18)12-16(35)2)19-11-20(31)24(25-21(32)8-5-9-22(25)38)26(33)27(19)37(30(29)40)13-17-7-6-10-34(17)3;1-15-8-9-17-14-37-27-26(33(17)12-15)18-11-19(29)22(23-20(30)6-3-7-21(23)35)24(31)25(18)34(28(27)36)13-16-5-4-10-32(16)2/h2*4-5,8-9,11,16-18,38H,1,6-7,10,12-15H2,2-3H3;3,6-7,11,15-17,35H,4-5,8-10,12-14H2,1-2H3/t2*16-,17+,18-;15-,16-,17+/m110/s1. The molecule has 22 nitrogen and oxygen atoms in total. The third kappa shape index (κ3) is 14.4. The van der Waals surface area contributed by atoms with Gasteiger partial charge >= 0.3 is 0 Å². The summed E-state index contributed by atoms with van der Waals surface area (Å²) >= 11 is 20.0. The molecule has 18 rings (SSSR count). The normalized spacial score (nSPS) is 22.8. The number of phenols is 3. The number of hydrogen-bond donors (Lipinski definition) is 3. The average molecular weight is 1700 g/mol. The fourth-order valence-electron chi connectivity index (χ4n) is 19.5. The molecule has 0 unspecified atom stereocenters. The number of carbonyl (C=O) groups excluding carboxylic acids is 2. The van der Waals surface area contributed by atoms with E-state index in [9.17, 15) is 52.5 Å². The number of ether oxygens (including phenoxy) is 3. The van der Waals surface area contributed by atoms with Crippen molar-refractivity contribution >= 4 is 96.4 Å². The molecule has 3 N–H and O–H groups in total. The Bertz CT molecular complexity index is 5550. The molecule has 9 aromatic rings. The number of benzene rings is 6. The Kier molecular flexibility index (Phi) is 22.8. The first-order valence-electron chi connectivity index (χ1n) is 40.3. The average Bonchev–Trinajstić information content (AvgIpc) is 1.71. The van der Waals surface area contributed by atoms with Gasteiger partial charge in [-0.05, 0) is 179 Å². The summed E-state index contributed by atoms with van der Waals surface area (Å²) < 4.78 is 118. The van der Waals surface area contributed by atoms with Crippen LogP contribution in [0.25, 0.3) is 66.1 Å². The predicted molar refractivity (Wildman–Crippen MR) is 449 cm³/mol. The number of hydrogen-bond acceptors (Lipinski definition) is 17. The van der Waals surface area contributed by atoms with Crippen LogP contribution >= 0.6 is 34.8 Å². The molecule has 0 radical (unpaired) electrons. The maximum atomic E-state index is 16.8. The number of halogens is 9. The van der Waals surface area contributed by atoms with Crippen LogP contribution in [0.3, 0.4) is 0 Å². The highest BCUT2D eigenvalue weighted by Crippen LogP contribution is 2.52. The first-order valence-corrected chi connectivity index (χ1v) is 41.5. The van der Waals surface area contributed by atoms with Crippen molar-refractivity contribution in [3.05, 3.63) is 179 Å². The number of aromatic nitrogens is 3. The van der Waals surface area contributed by atoms with Crippen LogP contribution in [0.5, 0.6) is 34.5 Å². The number of nitrogens with zero attached hydrogens (tertiary/aromatic N) is 11. The van der Waals surface area contributed by atoms with Crippen LogP contribution in [0.1, 0.15) is 72.1 Å². The van der Waals surface area contributed by atoms with E-state index in [1.165, 1.54) is 74.4 Å². The summed E-state index contributed by atoms with van der Waals surface area (Å²) in [6, 6.07) is 14.9. The van der Waals surface area contributed by atoms with Crippen molar-refractivity contribution in [1.29, 1.82) is 0 Å². The summed E-state index contributed by atoms with van der Waals surface area (Å²) in [4.78, 5) is 83.1. The van der Waals surface area contributed by atoms with Crippen LogP contribution in [0.2, 0.25) is 15.1 Å². The van der Waals surface area contributed by atoms with E-state index < -0.39 is 68.8 Å². The smallest absolute Gasteiger partial charge is 0.295 e. The molecule has 6 fully saturated rings. The zero-order valence-electron chi connectivity index (χ0n) is 66.7. The second-order valence-corrected chi connectivity index (χ2v) is 34.2. The number of amides is 2. The molecule has 9 atom stereocenters. The Morgan fingerprint density at radius 3 is 1.05 bits per heavy atom. The number of anilines is 3. The van der Waals surface area contributed by atoms with Crippen LogP contribution in [0.15, 0.2) is 112 Å². The SMILES string of the molecule is C=CC(=O)N1C[C@@H]2COc3c(c4cc(Cl)c(-c5c(O)cccc5F)c(F)c4n(C[C@@H]4CCCN4C)c3=O)N2C[C@H]1C.C=CC(=O)N1C[C@@H]2COc3c(c4cc(Cl)c(-c5c(O)cccc5F)c(F)c4n(C[C@@H]4CCCN4C)c3=O)N2C[C@H]1C.C[C@H]1CC[C@@H]2COc3c(c4cc(Cl)c(-c5c(O)cccc5F)c(F)c4n(C[C@@H]4CCCN4C)c3=O)N2C1. The van der Waals surface area contributed by atoms with Gasteiger partial charge < -0.3 is 82.4 Å². The van der Waals surface area contributed by atoms with Gasteiger partial charge in [-0.25, -0.2) is 26.3 Å². The molecule has 628 valence electrons. The third-order valence-electron chi connectivity index (χ3n) is 25.7. The number of likely N-dealkylation sites (N-methyl/N-ethyl adjacent to an activating group) is 3. The lowest BCUT2D eigenvalue weighted by atomic mass is 9.91. The third-order valence-corrected chi connectivity index (χ3v) is 26.6. The second kappa shape index (κ2) is 32.8. The zero-order chi connectivity index (χ0) is 84.3. The predicted octanol–water partition coefficient (Wildman–Crippen LogP) is 14.2. The Balaban J connectivity index is 0.000000133. The maximum absolute atomic E-state index is 16.8. The van der Waals surface area contributed by atoms with E-state index in [1.807, 2.05) is 44.8 Å². The molecule has 12 heterocycles. The van der Waals surface area contributed by atoms with Gasteiger partial charge in [-0.3, -0.25) is 24.0 Å². The van der Waals surface area contributed by atoms with E-state index in [1.54, 1.807) is 15.9 Å². The zero-order valence-corrected chi connectivity index (χ0v) is 68.9. The number of piperazine rings is 2. The van der Waals surface area contributed by atoms with Crippen molar-refractivity contribution in [2.75, 3.05) is 108 Å². The lowest BCUT2D eigenvalue weighted by Crippen LogP contribution is -2.62. The van der Waals surface area contributed by atoms with Gasteiger partial charge in [-0.1, -0.05) is 73.1 Å². The molecule has 9 aliphatic heterocycles. The number of phenolic OH excluding ortho intramolecular Hbond substituents is 3. The highest BCUT2D eigenvalue weighted by atomic mass is 35.5. The van der Waals surface area contributed by atoms with E-state index in [0.717, 1.165) is 95.7 Å². The van der Waals surface area contributed by atoms with Crippen molar-refractivity contribution < 1.29 is 65.5 Å². The number of rotatable bonds is 11. The summed E-state index contributed by atoms with van der Waals surface area (Å²) in [7, 11) is 5.92. The van der Waals surface area contributed by atoms with Gasteiger partial charge in [-0.15, -0.1) is 0 Å². The van der Waals surface area contributed by atoms with Crippen LogP contribution in [-0.4, -0.2) is 207 Å². The number of aromatic hydroxyl groups is 3. The molecule has 0 bridgehead atoms. The van der Waals surface area contributed by atoms with E-state index in [2.05, 4.69) is 39.7 Å². The number of carbonyl (C=O) groups is 2. The highest BCUT2D eigenvalue weighted by Gasteiger charge is 2.46. The van der Waals surface area contributed by atoms with Crippen molar-refractivity contribution in [3.63, 3.8) is 0 Å². The molecule has 3 aromatic heterocycles. The fourth-order valence-corrected chi connectivity index (χ4v) is 20.3. The Morgan fingerprint density at radius 2 is 0.756 bits per heavy atom. The molecule has 6 aromatic carbocycles. The second-order valence-electron chi connectivity index (χ2n) is 33.0. The van der Waals surface area contributed by atoms with E-state index in [4.69, 9.17) is 49.0 Å². The minimum Gasteiger partial charge on any atom is -0.507 e. The molecular weight excluding hydrogens is 1610 g/mol. The van der Waals surface area contributed by atoms with Gasteiger partial charge in [0.25, 0.3) is 16.7 Å². The first-order chi connectivity index (χ1) is 57.0. The van der Waals surface area contributed by atoms with E-state index in [0.29, 0.717) is 71.9 Å². The van der Waals surface area contributed by atoms with E-state index in [-0.39, 0.29) is 175 Å². The van der Waals surface area contributed by atoms with Crippen molar-refractivity contribution in [3.8, 4) is 67.9 Å². The molecular formula is C88H92Cl3F6N11O11. The van der Waals surface area contributed by atoms with Crippen LogP contribution in [0.4, 0.5) is 43.4 Å². The summed E-state index contributed by atoms with van der Waals surface area (Å²) in [5, 5.41) is 32.4. The van der Waals surface area contributed by atoms with Gasteiger partial charge in [0.15, 0.2) is 17.5 Å². The van der Waals surface area contributed by atoms with Gasteiger partial charge in [0.2, 0.25) is 29.1 Å². The monoisotopic (exact) mass is 1700 g/mol. The molecule has 2 amide bonds. The molecule has 0 aliphatic carbocycles. The molecule has 0 saturated carbocycles. The van der Waals surface area contributed by atoms with Crippen LogP contribution in [0, 0.1) is 40.8 Å². The number of likely N-dealkylation sites (tertiary alicyclic amines) is 3. The quantitative estimate of drug-likeness (QED) is 0.0811. The lowest BCUT2D eigenvalue weighted by Gasteiger charge is -2.48. The minimum atomic E-state index is -0.899. The first kappa shape index (κ1) is 82.6. The summed E-state index contributed by atoms with van der Waals surface area (Å²) in [6.07, 6.45) is 9.93. The van der Waals surface area contributed by atoms with Gasteiger partial charge in [-0.2, -0.15) is 0 Å². The topological polar surface area (TPSA) is 214 Å². The highest BCUT2D eigenvalue weighted by molar-refractivity contribution is 6.36. The Labute approximate surface area is 697 Å². The molecule has 119 heavy (non-hydrogen) atoms. The summed E-state index contributed by atoms with van der Waals surface area (Å²) in [5.41, 5.74) is -1.95. The molecule has 6 saturated heterocycles. The molecule has 9 aliphatic rings. The summed E-state index contributed by atoms with van der Waals surface area (Å²) in [5.74, 6) is -6.03. The van der Waals surface area contributed by atoms with Crippen molar-refractivity contribution in [2.45, 2.75) is 140 Å². The van der Waals surface area contributed by atoms with Gasteiger partial charge in [0, 0.05) is 115 Å². The molecule has 31 heteroatoms. The van der Waals surface area contributed by atoms with Crippen LogP contribution < -0.4 is 45.6 Å². The van der Waals surface area contributed by atoms with Gasteiger partial charge in [0.05, 0.1) is 83.5 Å².